The monoisotopic (exact) mass is 1180 g/mol. The van der Waals surface area contributed by atoms with Crippen molar-refractivity contribution in [2.24, 2.45) is 0 Å². The molecule has 0 radical (unpaired) electrons. The van der Waals surface area contributed by atoms with Crippen molar-refractivity contribution in [1.29, 1.82) is 0 Å². The lowest BCUT2D eigenvalue weighted by Crippen LogP contribution is -2.65. The molecule has 482 valence electrons. The Kier molecular flexibility index (Phi) is 49.2. The smallest absolute Gasteiger partial charge is 0.220 e. The number of hydrogen-bond acceptors (Lipinski definition) is 13. The molecule has 2 fully saturated rings. The molecule has 2 saturated heterocycles. The lowest BCUT2D eigenvalue weighted by atomic mass is 9.97. The molecule has 0 aromatic rings. The first-order chi connectivity index (χ1) is 41.1. The molecule has 2 aliphatic rings. The molecule has 0 aliphatic carbocycles. The third-order valence-electron chi connectivity index (χ3n) is 15.4. The molecule has 9 N–H and O–H groups in total. The number of hydrogen-bond donors (Lipinski definition) is 9. The molecule has 2 heterocycles. The molecular weight excluding hydrogens is 1060 g/mol. The van der Waals surface area contributed by atoms with Gasteiger partial charge in [0.1, 0.15) is 48.8 Å². The van der Waals surface area contributed by atoms with Crippen LogP contribution in [0.25, 0.3) is 0 Å². The Morgan fingerprint density at radius 3 is 1.31 bits per heavy atom. The minimum Gasteiger partial charge on any atom is -0.394 e. The van der Waals surface area contributed by atoms with E-state index in [1.165, 1.54) is 116 Å². The van der Waals surface area contributed by atoms with Crippen molar-refractivity contribution < 1.29 is 64.6 Å². The maximum Gasteiger partial charge on any atom is 0.220 e. The van der Waals surface area contributed by atoms with E-state index in [0.717, 1.165) is 83.5 Å². The SMILES string of the molecule is CC/C=C\C/C=C\C/C=C\C/C=C\C/C=C\C/C=C\CCCCCCCCCCCCCCCCCCCCC(=O)NC(COC1OC(CO)C(OC2OC(CO)C(O)C(O)C2O)C(O)C1O)C(O)/C=C/CC/C=C/CC/C=C/CCCCC. The molecule has 84 heavy (non-hydrogen) atoms. The summed E-state index contributed by atoms with van der Waals surface area (Å²) in [4.78, 5) is 13.3. The second-order valence-electron chi connectivity index (χ2n) is 22.8. The summed E-state index contributed by atoms with van der Waals surface area (Å²) in [6.45, 7) is 2.61. The molecule has 0 aromatic carbocycles. The van der Waals surface area contributed by atoms with E-state index in [9.17, 15) is 45.6 Å². The number of aliphatic hydroxyl groups excluding tert-OH is 8. The van der Waals surface area contributed by atoms with E-state index in [0.29, 0.717) is 12.8 Å². The number of amides is 1. The Morgan fingerprint density at radius 2 is 0.833 bits per heavy atom. The van der Waals surface area contributed by atoms with Crippen LogP contribution in [-0.2, 0) is 23.7 Å². The second kappa shape index (κ2) is 53.9. The summed E-state index contributed by atoms with van der Waals surface area (Å²) >= 11 is 0. The number of rotatable bonds is 52. The van der Waals surface area contributed by atoms with Crippen LogP contribution in [0.3, 0.4) is 0 Å². The van der Waals surface area contributed by atoms with Gasteiger partial charge < -0.3 is 65.1 Å². The lowest BCUT2D eigenvalue weighted by Gasteiger charge is -2.46. The molecule has 2 aliphatic heterocycles. The van der Waals surface area contributed by atoms with Crippen molar-refractivity contribution in [3.05, 3.63) is 109 Å². The number of unbranched alkanes of at least 4 members (excludes halogenated alkanes) is 23. The highest BCUT2D eigenvalue weighted by Gasteiger charge is 2.51. The normalized spacial score (nSPS) is 24.4. The first-order valence-electron chi connectivity index (χ1n) is 33.1. The third-order valence-corrected chi connectivity index (χ3v) is 15.4. The van der Waals surface area contributed by atoms with Crippen molar-refractivity contribution in [2.75, 3.05) is 19.8 Å². The van der Waals surface area contributed by atoms with E-state index in [4.69, 9.17) is 18.9 Å². The summed E-state index contributed by atoms with van der Waals surface area (Å²) in [5.41, 5.74) is 0. The molecule has 0 aromatic heterocycles. The van der Waals surface area contributed by atoms with E-state index in [2.05, 4.69) is 116 Å². The van der Waals surface area contributed by atoms with Crippen LogP contribution in [0.1, 0.15) is 232 Å². The maximum absolute atomic E-state index is 13.3. The summed E-state index contributed by atoms with van der Waals surface area (Å²) in [6, 6.07) is -0.942. The van der Waals surface area contributed by atoms with Crippen molar-refractivity contribution in [3.8, 4) is 0 Å². The average Bonchev–Trinajstić information content (AvgIpc) is 2.58. The highest BCUT2D eigenvalue weighted by molar-refractivity contribution is 5.76. The molecule has 14 nitrogen and oxygen atoms in total. The minimum absolute atomic E-state index is 0.256. The van der Waals surface area contributed by atoms with Gasteiger partial charge in [-0.1, -0.05) is 239 Å². The van der Waals surface area contributed by atoms with Crippen molar-refractivity contribution in [3.63, 3.8) is 0 Å². The fourth-order valence-electron chi connectivity index (χ4n) is 10.2. The van der Waals surface area contributed by atoms with Gasteiger partial charge in [-0.15, -0.1) is 0 Å². The van der Waals surface area contributed by atoms with Crippen LogP contribution in [-0.4, -0.2) is 140 Å². The maximum atomic E-state index is 13.3. The van der Waals surface area contributed by atoms with Gasteiger partial charge in [-0.25, -0.2) is 0 Å². The number of carbonyl (C=O) groups excluding carboxylic acids is 1. The van der Waals surface area contributed by atoms with Gasteiger partial charge in [-0.2, -0.15) is 0 Å². The highest BCUT2D eigenvalue weighted by atomic mass is 16.7. The van der Waals surface area contributed by atoms with Gasteiger partial charge in [0, 0.05) is 6.42 Å². The molecule has 0 bridgehead atoms. The van der Waals surface area contributed by atoms with E-state index >= 15 is 0 Å². The van der Waals surface area contributed by atoms with Crippen LogP contribution < -0.4 is 5.32 Å². The number of allylic oxidation sites excluding steroid dienone is 17. The van der Waals surface area contributed by atoms with Gasteiger partial charge in [0.2, 0.25) is 5.91 Å². The zero-order valence-electron chi connectivity index (χ0n) is 52.1. The third kappa shape index (κ3) is 38.0. The zero-order valence-corrected chi connectivity index (χ0v) is 52.1. The minimum atomic E-state index is -1.80. The van der Waals surface area contributed by atoms with Crippen LogP contribution >= 0.6 is 0 Å². The second-order valence-corrected chi connectivity index (χ2v) is 22.8. The predicted molar refractivity (Wildman–Crippen MR) is 341 cm³/mol. The number of ether oxygens (including phenoxy) is 4. The van der Waals surface area contributed by atoms with Gasteiger partial charge in [0.05, 0.1) is 32.0 Å². The fraction of sp³-hybridized carbons (Fsp3) is 0.729. The quantitative estimate of drug-likeness (QED) is 0.0204. The van der Waals surface area contributed by atoms with Gasteiger partial charge in [0.25, 0.3) is 0 Å². The van der Waals surface area contributed by atoms with Crippen LogP contribution in [0, 0.1) is 0 Å². The first-order valence-corrected chi connectivity index (χ1v) is 33.1. The van der Waals surface area contributed by atoms with Crippen LogP contribution in [0.4, 0.5) is 0 Å². The Bertz CT molecular complexity index is 1820. The lowest BCUT2D eigenvalue weighted by molar-refractivity contribution is -0.359. The standard InChI is InChI=1S/C70H119NO13/c1-3-5-7-9-11-13-15-17-18-19-20-21-22-23-24-25-26-27-28-29-30-31-32-33-34-35-36-37-38-39-40-42-44-46-48-50-52-54-62(75)71-58(59(74)53-51-49-47-45-43-41-16-14-12-10-8-6-4-2)57-81-69-67(80)65(78)68(61(56-73)83-69)84-70-66(79)64(77)63(76)60(55-72)82-70/h5,7,11-14,17-18,20-21,23-24,26-27,43,45,51,53,58-61,63-70,72-74,76-80H,3-4,6,8-10,15-16,19,22,25,28-42,44,46-50,52,54-57H2,1-2H3,(H,71,75)/b7-5-,13-11-,14-12+,18-17-,21-20-,24-23-,27-26-,45-43+,53-51+. The predicted octanol–water partition coefficient (Wildman–Crippen LogP) is 12.8. The van der Waals surface area contributed by atoms with Crippen molar-refractivity contribution in [1.82, 2.24) is 5.32 Å². The van der Waals surface area contributed by atoms with Crippen molar-refractivity contribution >= 4 is 5.91 Å². The summed E-state index contributed by atoms with van der Waals surface area (Å²) in [6.07, 6.45) is 60.2. The van der Waals surface area contributed by atoms with Crippen LogP contribution in [0.5, 0.6) is 0 Å². The number of nitrogens with one attached hydrogen (secondary N) is 1. The fourth-order valence-corrected chi connectivity index (χ4v) is 10.2. The van der Waals surface area contributed by atoms with Gasteiger partial charge in [-0.3, -0.25) is 4.79 Å². The van der Waals surface area contributed by atoms with E-state index in [1.54, 1.807) is 6.08 Å². The molecular formula is C70H119NO13. The average molecular weight is 1180 g/mol. The van der Waals surface area contributed by atoms with Gasteiger partial charge >= 0.3 is 0 Å². The molecule has 0 spiro atoms. The largest absolute Gasteiger partial charge is 0.394 e. The first kappa shape index (κ1) is 76.7. The highest BCUT2D eigenvalue weighted by Crippen LogP contribution is 2.30. The Hall–Kier alpha value is -3.35. The number of carbonyl (C=O) groups is 1. The van der Waals surface area contributed by atoms with Crippen LogP contribution in [0.2, 0.25) is 0 Å². The Balaban J connectivity index is 1.61. The summed E-state index contributed by atoms with van der Waals surface area (Å²) in [5.74, 6) is -0.256. The zero-order chi connectivity index (χ0) is 60.9. The molecule has 12 atom stereocenters. The summed E-state index contributed by atoms with van der Waals surface area (Å²) in [7, 11) is 0. The van der Waals surface area contributed by atoms with E-state index in [-0.39, 0.29) is 18.9 Å². The summed E-state index contributed by atoms with van der Waals surface area (Å²) in [5, 5.41) is 87.1. The Morgan fingerprint density at radius 1 is 0.440 bits per heavy atom. The molecule has 2 rings (SSSR count). The number of aliphatic hydroxyl groups is 8. The topological polar surface area (TPSA) is 228 Å². The van der Waals surface area contributed by atoms with Crippen LogP contribution in [0.15, 0.2) is 109 Å². The Labute approximate surface area is 508 Å². The van der Waals surface area contributed by atoms with Crippen molar-refractivity contribution in [2.45, 2.75) is 306 Å². The molecule has 14 heteroatoms. The summed E-state index contributed by atoms with van der Waals surface area (Å²) < 4.78 is 22.8. The van der Waals surface area contributed by atoms with E-state index in [1.807, 2.05) is 6.08 Å². The van der Waals surface area contributed by atoms with Gasteiger partial charge in [0.15, 0.2) is 12.6 Å². The molecule has 12 unspecified atom stereocenters. The van der Waals surface area contributed by atoms with Gasteiger partial charge in [-0.05, 0) is 96.3 Å². The molecule has 0 saturated carbocycles. The molecule has 1 amide bonds. The van der Waals surface area contributed by atoms with E-state index < -0.39 is 86.8 Å².